The van der Waals surface area contributed by atoms with Crippen molar-refractivity contribution in [2.24, 2.45) is 5.92 Å². The Morgan fingerprint density at radius 1 is 1.03 bits per heavy atom. The summed E-state index contributed by atoms with van der Waals surface area (Å²) in [5, 5.41) is 3.17. The number of aromatic nitrogens is 5. The van der Waals surface area contributed by atoms with Crippen LogP contribution in [0.1, 0.15) is 35.3 Å². The summed E-state index contributed by atoms with van der Waals surface area (Å²) in [6, 6.07) is 4.08. The number of likely N-dealkylation sites (tertiary alicyclic amines) is 1. The minimum atomic E-state index is -0.0258. The largest absolute Gasteiger partial charge is 0.337 e. The highest BCUT2D eigenvalue weighted by molar-refractivity contribution is 5.92. The number of hydrogen-bond acceptors (Lipinski definition) is 7. The van der Waals surface area contributed by atoms with Gasteiger partial charge in [-0.05, 0) is 49.3 Å². The van der Waals surface area contributed by atoms with Gasteiger partial charge in [-0.15, -0.1) is 0 Å². The van der Waals surface area contributed by atoms with Crippen LogP contribution in [0, 0.1) is 5.92 Å². The summed E-state index contributed by atoms with van der Waals surface area (Å²) in [4.78, 5) is 35.3. The van der Waals surface area contributed by atoms with E-state index in [9.17, 15) is 4.79 Å². The first-order chi connectivity index (χ1) is 14.3. The van der Waals surface area contributed by atoms with Gasteiger partial charge in [-0.3, -0.25) is 14.8 Å². The first kappa shape index (κ1) is 18.9. The van der Waals surface area contributed by atoms with Gasteiger partial charge in [0.25, 0.3) is 5.91 Å². The molecular formula is C21H23N7O. The van der Waals surface area contributed by atoms with Crippen molar-refractivity contribution in [3.05, 3.63) is 66.8 Å². The highest BCUT2D eigenvalue weighted by atomic mass is 16.2. The van der Waals surface area contributed by atoms with Crippen LogP contribution < -0.4 is 5.32 Å². The first-order valence-electron chi connectivity index (χ1n) is 9.81. The van der Waals surface area contributed by atoms with E-state index in [1.54, 1.807) is 37.2 Å². The Labute approximate surface area is 169 Å². The quantitative estimate of drug-likeness (QED) is 0.692. The zero-order chi connectivity index (χ0) is 19.9. The van der Waals surface area contributed by atoms with Gasteiger partial charge in [0.05, 0.1) is 12.4 Å². The second-order valence-electron chi connectivity index (χ2n) is 7.15. The molecule has 0 radical (unpaired) electrons. The number of pyridine rings is 1. The summed E-state index contributed by atoms with van der Waals surface area (Å²) in [5.74, 6) is 1.88. The van der Waals surface area contributed by atoms with Crippen molar-refractivity contribution in [3.63, 3.8) is 0 Å². The molecule has 4 rings (SSSR count). The fourth-order valence-electron chi connectivity index (χ4n) is 3.62. The van der Waals surface area contributed by atoms with Crippen LogP contribution >= 0.6 is 0 Å². The van der Waals surface area contributed by atoms with Crippen molar-refractivity contribution in [2.75, 3.05) is 18.4 Å². The van der Waals surface area contributed by atoms with Crippen molar-refractivity contribution < 1.29 is 4.79 Å². The van der Waals surface area contributed by atoms with Crippen LogP contribution in [0.4, 0.5) is 11.6 Å². The molecule has 1 N–H and O–H groups in total. The molecule has 0 aromatic carbocycles. The van der Waals surface area contributed by atoms with E-state index in [4.69, 9.17) is 0 Å². The number of anilines is 2. The molecule has 8 nitrogen and oxygen atoms in total. The molecule has 3 aromatic rings. The first-order valence-corrected chi connectivity index (χ1v) is 9.81. The van der Waals surface area contributed by atoms with Crippen molar-refractivity contribution in [3.8, 4) is 0 Å². The average molecular weight is 389 g/mol. The second kappa shape index (κ2) is 9.18. The summed E-state index contributed by atoms with van der Waals surface area (Å²) in [6.07, 6.45) is 15.6. The number of aryl methyl sites for hydroxylation is 1. The highest BCUT2D eigenvalue weighted by Gasteiger charge is 2.25. The molecule has 0 bridgehead atoms. The zero-order valence-corrected chi connectivity index (χ0v) is 16.1. The van der Waals surface area contributed by atoms with Crippen molar-refractivity contribution in [1.29, 1.82) is 0 Å². The van der Waals surface area contributed by atoms with Gasteiger partial charge < -0.3 is 10.2 Å². The summed E-state index contributed by atoms with van der Waals surface area (Å²) >= 11 is 0. The fraction of sp³-hybridized carbons (Fsp3) is 0.333. The van der Waals surface area contributed by atoms with E-state index >= 15 is 0 Å². The maximum Gasteiger partial charge on any atom is 0.274 e. The molecule has 1 aliphatic rings. The number of rotatable bonds is 6. The van der Waals surface area contributed by atoms with Crippen molar-refractivity contribution in [2.45, 2.75) is 25.7 Å². The predicted molar refractivity (Wildman–Crippen MR) is 109 cm³/mol. The van der Waals surface area contributed by atoms with Gasteiger partial charge in [0, 0.05) is 44.1 Å². The summed E-state index contributed by atoms with van der Waals surface area (Å²) < 4.78 is 0. The number of amides is 1. The number of carbonyl (C=O) groups excluding carboxylic acids is 1. The second-order valence-corrected chi connectivity index (χ2v) is 7.15. The topological polar surface area (TPSA) is 96.8 Å². The maximum absolute atomic E-state index is 12.6. The molecule has 0 spiro atoms. The molecule has 1 saturated heterocycles. The predicted octanol–water partition coefficient (Wildman–Crippen LogP) is 2.89. The molecule has 1 atom stereocenters. The van der Waals surface area contributed by atoms with Crippen LogP contribution in [-0.2, 0) is 6.42 Å². The normalized spacial score (nSPS) is 16.4. The lowest BCUT2D eigenvalue weighted by atomic mass is 9.91. The van der Waals surface area contributed by atoms with E-state index in [1.165, 1.54) is 11.8 Å². The van der Waals surface area contributed by atoms with Gasteiger partial charge in [-0.1, -0.05) is 0 Å². The number of nitrogens with one attached hydrogen (secondary N) is 1. The number of piperidine rings is 1. The monoisotopic (exact) mass is 389 g/mol. The minimum Gasteiger partial charge on any atom is -0.337 e. The molecule has 0 unspecified atom stereocenters. The van der Waals surface area contributed by atoms with Crippen molar-refractivity contribution >= 4 is 17.5 Å². The maximum atomic E-state index is 12.6. The Balaban J connectivity index is 1.33. The van der Waals surface area contributed by atoms with Crippen LogP contribution in [-0.4, -0.2) is 48.8 Å². The molecule has 4 heterocycles. The zero-order valence-electron chi connectivity index (χ0n) is 16.1. The molecule has 0 aliphatic carbocycles. The van der Waals surface area contributed by atoms with Gasteiger partial charge in [0.2, 0.25) is 0 Å². The lowest BCUT2D eigenvalue weighted by Gasteiger charge is -2.32. The van der Waals surface area contributed by atoms with E-state index in [2.05, 4.69) is 30.2 Å². The average Bonchev–Trinajstić information content (AvgIpc) is 2.79. The Morgan fingerprint density at radius 3 is 2.66 bits per heavy atom. The Hall–Kier alpha value is -3.42. The third kappa shape index (κ3) is 5.10. The van der Waals surface area contributed by atoms with Gasteiger partial charge in [0.1, 0.15) is 17.3 Å². The molecule has 1 amide bonds. The molecule has 8 heteroatoms. The van der Waals surface area contributed by atoms with Gasteiger partial charge >= 0.3 is 0 Å². The lowest BCUT2D eigenvalue weighted by Crippen LogP contribution is -2.40. The standard InChI is InChI=1S/C21H23N7O/c29-21(18-13-22-7-9-24-18)28-11-1-2-17(15-28)4-3-16-5-6-25-19(12-16)27-20-14-23-8-10-26-20/h5-10,12-14,17H,1-4,11,15H2,(H,25,26,27)/t17-/m0/s1. The summed E-state index contributed by atoms with van der Waals surface area (Å²) in [5.41, 5.74) is 1.63. The smallest absolute Gasteiger partial charge is 0.274 e. The number of carbonyl (C=O) groups is 1. The Morgan fingerprint density at radius 2 is 1.86 bits per heavy atom. The highest BCUT2D eigenvalue weighted by Crippen LogP contribution is 2.23. The molecule has 148 valence electrons. The van der Waals surface area contributed by atoms with E-state index in [0.29, 0.717) is 17.4 Å². The van der Waals surface area contributed by atoms with Crippen LogP contribution in [0.15, 0.2) is 55.5 Å². The van der Waals surface area contributed by atoms with Gasteiger partial charge in [0.15, 0.2) is 0 Å². The van der Waals surface area contributed by atoms with E-state index in [-0.39, 0.29) is 5.91 Å². The van der Waals surface area contributed by atoms with Crippen LogP contribution in [0.3, 0.4) is 0 Å². The van der Waals surface area contributed by atoms with Crippen LogP contribution in [0.25, 0.3) is 0 Å². The minimum absolute atomic E-state index is 0.0258. The third-order valence-electron chi connectivity index (χ3n) is 5.07. The molecule has 0 saturated carbocycles. The lowest BCUT2D eigenvalue weighted by molar-refractivity contribution is 0.0662. The molecule has 1 fully saturated rings. The van der Waals surface area contributed by atoms with E-state index in [0.717, 1.165) is 44.6 Å². The molecule has 29 heavy (non-hydrogen) atoms. The van der Waals surface area contributed by atoms with Gasteiger partial charge in [-0.25, -0.2) is 15.0 Å². The summed E-state index contributed by atoms with van der Waals surface area (Å²) in [6.45, 7) is 1.55. The van der Waals surface area contributed by atoms with Crippen LogP contribution in [0.2, 0.25) is 0 Å². The summed E-state index contributed by atoms with van der Waals surface area (Å²) in [7, 11) is 0. The number of hydrogen-bond donors (Lipinski definition) is 1. The number of nitrogens with zero attached hydrogens (tertiary/aromatic N) is 6. The molecule has 1 aliphatic heterocycles. The Kier molecular flexibility index (Phi) is 5.99. The Bertz CT molecular complexity index is 936. The molecular weight excluding hydrogens is 366 g/mol. The third-order valence-corrected chi connectivity index (χ3v) is 5.07. The SMILES string of the molecule is O=C(c1cnccn1)N1CCC[C@@H](CCc2ccnc(Nc3cnccn3)c2)C1. The molecule has 3 aromatic heterocycles. The van der Waals surface area contributed by atoms with Crippen LogP contribution in [0.5, 0.6) is 0 Å². The van der Waals surface area contributed by atoms with E-state index < -0.39 is 0 Å². The van der Waals surface area contributed by atoms with Crippen molar-refractivity contribution in [1.82, 2.24) is 29.8 Å². The fourth-order valence-corrected chi connectivity index (χ4v) is 3.62. The van der Waals surface area contributed by atoms with E-state index in [1.807, 2.05) is 17.0 Å². The van der Waals surface area contributed by atoms with Gasteiger partial charge in [-0.2, -0.15) is 0 Å².